The van der Waals surface area contributed by atoms with Gasteiger partial charge in [-0.15, -0.1) is 0 Å². The molecule has 1 aromatic carbocycles. The van der Waals surface area contributed by atoms with Crippen molar-refractivity contribution in [2.24, 2.45) is 0 Å². The number of aromatic hydroxyl groups is 1. The van der Waals surface area contributed by atoms with Gasteiger partial charge in [0.2, 0.25) is 10.0 Å². The third kappa shape index (κ3) is 2.78. The molecule has 78 valence electrons. The summed E-state index contributed by atoms with van der Waals surface area (Å²) in [5, 5.41) is 9.33. The number of nitrogens with one attached hydrogen (secondary N) is 1. The molecule has 0 amide bonds. The quantitative estimate of drug-likeness (QED) is 0.768. The van der Waals surface area contributed by atoms with Crippen molar-refractivity contribution in [1.82, 2.24) is 0 Å². The first-order chi connectivity index (χ1) is 6.29. The van der Waals surface area contributed by atoms with E-state index in [4.69, 9.17) is 11.6 Å². The molecule has 0 unspecified atom stereocenters. The van der Waals surface area contributed by atoms with Crippen LogP contribution in [0.4, 0.5) is 5.69 Å². The second kappa shape index (κ2) is 3.67. The molecule has 0 radical (unpaired) electrons. The minimum Gasteiger partial charge on any atom is -0.506 e. The molecule has 0 aliphatic carbocycles. The van der Waals surface area contributed by atoms with Crippen LogP contribution in [0.15, 0.2) is 12.1 Å². The third-order valence-electron chi connectivity index (χ3n) is 1.59. The number of benzene rings is 1. The van der Waals surface area contributed by atoms with Crippen molar-refractivity contribution in [2.75, 3.05) is 11.0 Å². The molecule has 1 aromatic rings. The smallest absolute Gasteiger partial charge is 0.229 e. The molecule has 4 nitrogen and oxygen atoms in total. The van der Waals surface area contributed by atoms with Gasteiger partial charge in [0.25, 0.3) is 0 Å². The van der Waals surface area contributed by atoms with Gasteiger partial charge in [-0.3, -0.25) is 4.72 Å². The van der Waals surface area contributed by atoms with E-state index in [-0.39, 0.29) is 10.8 Å². The second-order valence-electron chi connectivity index (χ2n) is 2.99. The number of phenols is 1. The standard InChI is InChI=1S/C8H10ClNO3S/c1-5-3-8(11)6(9)4-7(5)10-14(2,12)13/h3-4,10-11H,1-2H3. The van der Waals surface area contributed by atoms with E-state index < -0.39 is 10.0 Å². The molecule has 0 saturated heterocycles. The lowest BCUT2D eigenvalue weighted by Gasteiger charge is -2.08. The van der Waals surface area contributed by atoms with E-state index in [2.05, 4.69) is 4.72 Å². The van der Waals surface area contributed by atoms with Crippen molar-refractivity contribution in [3.8, 4) is 5.75 Å². The molecule has 0 fully saturated rings. The molecule has 0 bridgehead atoms. The van der Waals surface area contributed by atoms with Crippen LogP contribution >= 0.6 is 11.6 Å². The van der Waals surface area contributed by atoms with Crippen molar-refractivity contribution in [2.45, 2.75) is 6.92 Å². The molecule has 0 saturated carbocycles. The van der Waals surface area contributed by atoms with Crippen LogP contribution in [0, 0.1) is 6.92 Å². The average Bonchev–Trinajstić information content (AvgIpc) is 1.97. The van der Waals surface area contributed by atoms with E-state index in [9.17, 15) is 13.5 Å². The lowest BCUT2D eigenvalue weighted by molar-refractivity contribution is 0.475. The van der Waals surface area contributed by atoms with Crippen molar-refractivity contribution < 1.29 is 13.5 Å². The van der Waals surface area contributed by atoms with Crippen LogP contribution in [0.25, 0.3) is 0 Å². The van der Waals surface area contributed by atoms with E-state index in [1.807, 2.05) is 0 Å². The van der Waals surface area contributed by atoms with Gasteiger partial charge in [-0.05, 0) is 24.6 Å². The van der Waals surface area contributed by atoms with Crippen LogP contribution in [-0.2, 0) is 10.0 Å². The van der Waals surface area contributed by atoms with Crippen LogP contribution in [0.3, 0.4) is 0 Å². The maximum atomic E-state index is 10.9. The molecule has 0 atom stereocenters. The fourth-order valence-corrected chi connectivity index (χ4v) is 1.76. The Kier molecular flexibility index (Phi) is 2.92. The molecular weight excluding hydrogens is 226 g/mol. The number of hydrogen-bond acceptors (Lipinski definition) is 3. The fraction of sp³-hybridized carbons (Fsp3) is 0.250. The molecule has 0 aliphatic rings. The topological polar surface area (TPSA) is 66.4 Å². The third-order valence-corrected chi connectivity index (χ3v) is 2.48. The molecule has 0 aromatic heterocycles. The normalized spacial score (nSPS) is 11.4. The van der Waals surface area contributed by atoms with Gasteiger partial charge in [-0.25, -0.2) is 8.42 Å². The number of sulfonamides is 1. The maximum Gasteiger partial charge on any atom is 0.229 e. The Morgan fingerprint density at radius 1 is 1.43 bits per heavy atom. The van der Waals surface area contributed by atoms with Crippen LogP contribution in [0.1, 0.15) is 5.56 Å². The summed E-state index contributed by atoms with van der Waals surface area (Å²) >= 11 is 5.63. The Balaban J connectivity index is 3.17. The van der Waals surface area contributed by atoms with Crippen LogP contribution in [-0.4, -0.2) is 19.8 Å². The monoisotopic (exact) mass is 235 g/mol. The first-order valence-corrected chi connectivity index (χ1v) is 6.03. The fourth-order valence-electron chi connectivity index (χ4n) is 0.976. The molecule has 1 rings (SSSR count). The molecule has 2 N–H and O–H groups in total. The van der Waals surface area contributed by atoms with Crippen LogP contribution < -0.4 is 4.72 Å². The summed E-state index contributed by atoms with van der Waals surface area (Å²) in [7, 11) is -3.32. The highest BCUT2D eigenvalue weighted by Gasteiger charge is 2.08. The Bertz CT molecular complexity index is 456. The molecule has 0 aliphatic heterocycles. The Labute approximate surface area is 87.6 Å². The maximum absolute atomic E-state index is 10.9. The van der Waals surface area contributed by atoms with E-state index in [1.165, 1.54) is 12.1 Å². The summed E-state index contributed by atoms with van der Waals surface area (Å²) in [5.41, 5.74) is 0.979. The highest BCUT2D eigenvalue weighted by molar-refractivity contribution is 7.92. The average molecular weight is 236 g/mol. The number of phenolic OH excluding ortho intramolecular Hbond substituents is 1. The van der Waals surface area contributed by atoms with Crippen LogP contribution in [0.5, 0.6) is 5.75 Å². The SMILES string of the molecule is Cc1cc(O)c(Cl)cc1NS(C)(=O)=O. The number of halogens is 1. The van der Waals surface area contributed by atoms with Gasteiger partial charge in [0.15, 0.2) is 0 Å². The number of hydrogen-bond donors (Lipinski definition) is 2. The first kappa shape index (κ1) is 11.1. The molecule has 0 heterocycles. The van der Waals surface area contributed by atoms with E-state index >= 15 is 0 Å². The van der Waals surface area contributed by atoms with Crippen molar-refractivity contribution in [1.29, 1.82) is 0 Å². The zero-order valence-electron chi connectivity index (χ0n) is 7.70. The van der Waals surface area contributed by atoms with E-state index in [0.717, 1.165) is 6.26 Å². The van der Waals surface area contributed by atoms with Gasteiger partial charge in [-0.1, -0.05) is 11.6 Å². The predicted molar refractivity (Wildman–Crippen MR) is 56.3 cm³/mol. The number of anilines is 1. The predicted octanol–water partition coefficient (Wildman–Crippen LogP) is 1.73. The summed E-state index contributed by atoms with van der Waals surface area (Å²) in [5.74, 6) is -0.0665. The van der Waals surface area contributed by atoms with Gasteiger partial charge < -0.3 is 5.11 Å². The second-order valence-corrected chi connectivity index (χ2v) is 5.15. The Morgan fingerprint density at radius 2 is 2.00 bits per heavy atom. The number of rotatable bonds is 2. The zero-order chi connectivity index (χ0) is 10.9. The molecular formula is C8H10ClNO3S. The zero-order valence-corrected chi connectivity index (χ0v) is 9.28. The lowest BCUT2D eigenvalue weighted by atomic mass is 10.2. The minimum atomic E-state index is -3.32. The van der Waals surface area contributed by atoms with E-state index in [1.54, 1.807) is 6.92 Å². The van der Waals surface area contributed by atoms with Crippen molar-refractivity contribution >= 4 is 27.3 Å². The molecule has 0 spiro atoms. The molecule has 6 heteroatoms. The highest BCUT2D eigenvalue weighted by atomic mass is 35.5. The lowest BCUT2D eigenvalue weighted by Crippen LogP contribution is -2.10. The summed E-state index contributed by atoms with van der Waals surface area (Å²) in [6.07, 6.45) is 1.05. The largest absolute Gasteiger partial charge is 0.506 e. The summed E-state index contributed by atoms with van der Waals surface area (Å²) in [4.78, 5) is 0. The van der Waals surface area contributed by atoms with Crippen LogP contribution in [0.2, 0.25) is 5.02 Å². The Morgan fingerprint density at radius 3 is 2.50 bits per heavy atom. The van der Waals surface area contributed by atoms with Gasteiger partial charge >= 0.3 is 0 Å². The highest BCUT2D eigenvalue weighted by Crippen LogP contribution is 2.29. The van der Waals surface area contributed by atoms with Gasteiger partial charge in [-0.2, -0.15) is 0 Å². The van der Waals surface area contributed by atoms with E-state index in [0.29, 0.717) is 11.3 Å². The Hall–Kier alpha value is -0.940. The van der Waals surface area contributed by atoms with Crippen molar-refractivity contribution in [3.05, 3.63) is 22.7 Å². The molecule has 14 heavy (non-hydrogen) atoms. The van der Waals surface area contributed by atoms with Gasteiger partial charge in [0, 0.05) is 0 Å². The summed E-state index contributed by atoms with van der Waals surface area (Å²) < 4.78 is 24.2. The van der Waals surface area contributed by atoms with Crippen molar-refractivity contribution in [3.63, 3.8) is 0 Å². The first-order valence-electron chi connectivity index (χ1n) is 3.76. The summed E-state index contributed by atoms with van der Waals surface area (Å²) in [6.45, 7) is 1.67. The van der Waals surface area contributed by atoms with Gasteiger partial charge in [0.1, 0.15) is 5.75 Å². The van der Waals surface area contributed by atoms with Gasteiger partial charge in [0.05, 0.1) is 17.0 Å². The number of aryl methyl sites for hydroxylation is 1. The minimum absolute atomic E-state index is 0.0665. The summed E-state index contributed by atoms with van der Waals surface area (Å²) in [6, 6.07) is 2.77.